The molecule has 0 saturated carbocycles. The molecule has 2 aromatic heterocycles. The molecule has 2 heterocycles. The SMILES string of the molecule is CC(C)c1ccn(-c2ncccn2)n1. The highest BCUT2D eigenvalue weighted by molar-refractivity contribution is 5.13. The Bertz CT molecular complexity index is 405. The molecular formula is C10H12N4. The summed E-state index contributed by atoms with van der Waals surface area (Å²) in [6.45, 7) is 4.22. The van der Waals surface area contributed by atoms with Crippen molar-refractivity contribution in [2.24, 2.45) is 0 Å². The molecule has 2 aromatic rings. The Morgan fingerprint density at radius 1 is 1.21 bits per heavy atom. The van der Waals surface area contributed by atoms with E-state index in [1.807, 2.05) is 12.3 Å². The molecule has 2 rings (SSSR count). The zero-order valence-corrected chi connectivity index (χ0v) is 8.25. The molecule has 0 atom stereocenters. The molecule has 0 unspecified atom stereocenters. The van der Waals surface area contributed by atoms with Crippen LogP contribution in [0, 0.1) is 0 Å². The highest BCUT2D eigenvalue weighted by Crippen LogP contribution is 2.11. The lowest BCUT2D eigenvalue weighted by atomic mass is 10.1. The number of hydrogen-bond donors (Lipinski definition) is 0. The zero-order chi connectivity index (χ0) is 9.97. The van der Waals surface area contributed by atoms with Gasteiger partial charge in [0.25, 0.3) is 0 Å². The van der Waals surface area contributed by atoms with Gasteiger partial charge in [0.2, 0.25) is 5.95 Å². The van der Waals surface area contributed by atoms with Crippen molar-refractivity contribution >= 4 is 0 Å². The Balaban J connectivity index is 2.34. The highest BCUT2D eigenvalue weighted by atomic mass is 15.3. The number of aromatic nitrogens is 4. The van der Waals surface area contributed by atoms with Crippen LogP contribution < -0.4 is 0 Å². The molecule has 4 nitrogen and oxygen atoms in total. The van der Waals surface area contributed by atoms with E-state index in [9.17, 15) is 0 Å². The molecule has 0 fully saturated rings. The van der Waals surface area contributed by atoms with Crippen molar-refractivity contribution < 1.29 is 0 Å². The Morgan fingerprint density at radius 2 is 1.93 bits per heavy atom. The second-order valence-corrected chi connectivity index (χ2v) is 3.39. The number of nitrogens with zero attached hydrogens (tertiary/aromatic N) is 4. The molecule has 0 spiro atoms. The van der Waals surface area contributed by atoms with Gasteiger partial charge in [-0.15, -0.1) is 0 Å². The van der Waals surface area contributed by atoms with Crippen LogP contribution in [0.1, 0.15) is 25.5 Å². The van der Waals surface area contributed by atoms with Gasteiger partial charge in [0.1, 0.15) is 0 Å². The lowest BCUT2D eigenvalue weighted by Crippen LogP contribution is -2.01. The second kappa shape index (κ2) is 3.57. The summed E-state index contributed by atoms with van der Waals surface area (Å²) in [5.41, 5.74) is 1.05. The molecular weight excluding hydrogens is 176 g/mol. The van der Waals surface area contributed by atoms with E-state index in [-0.39, 0.29) is 0 Å². The van der Waals surface area contributed by atoms with Gasteiger partial charge < -0.3 is 0 Å². The topological polar surface area (TPSA) is 43.6 Å². The molecule has 72 valence electrons. The summed E-state index contributed by atoms with van der Waals surface area (Å²) in [5.74, 6) is 1.04. The minimum absolute atomic E-state index is 0.431. The van der Waals surface area contributed by atoms with Crippen molar-refractivity contribution in [3.63, 3.8) is 0 Å². The van der Waals surface area contributed by atoms with Gasteiger partial charge in [-0.25, -0.2) is 14.6 Å². The van der Waals surface area contributed by atoms with E-state index in [2.05, 4.69) is 28.9 Å². The van der Waals surface area contributed by atoms with Gasteiger partial charge >= 0.3 is 0 Å². The molecule has 0 amide bonds. The van der Waals surface area contributed by atoms with Gasteiger partial charge in [-0.05, 0) is 18.1 Å². The van der Waals surface area contributed by atoms with Crippen LogP contribution in [0.4, 0.5) is 0 Å². The molecule has 0 bridgehead atoms. The van der Waals surface area contributed by atoms with Crippen molar-refractivity contribution in [3.05, 3.63) is 36.4 Å². The fourth-order valence-corrected chi connectivity index (χ4v) is 1.17. The smallest absolute Gasteiger partial charge is 0.220 e. The molecule has 14 heavy (non-hydrogen) atoms. The van der Waals surface area contributed by atoms with Crippen molar-refractivity contribution in [2.75, 3.05) is 0 Å². The summed E-state index contributed by atoms with van der Waals surface area (Å²) in [5, 5.41) is 4.37. The van der Waals surface area contributed by atoms with Crippen LogP contribution >= 0.6 is 0 Å². The number of hydrogen-bond acceptors (Lipinski definition) is 3. The monoisotopic (exact) mass is 188 g/mol. The first kappa shape index (κ1) is 8.87. The molecule has 0 aliphatic rings. The van der Waals surface area contributed by atoms with Crippen LogP contribution in [0.15, 0.2) is 30.7 Å². The largest absolute Gasteiger partial charge is 0.250 e. The third-order valence-corrected chi connectivity index (χ3v) is 1.96. The summed E-state index contributed by atoms with van der Waals surface area (Å²) >= 11 is 0. The van der Waals surface area contributed by atoms with Crippen LogP contribution in [0.2, 0.25) is 0 Å². The maximum Gasteiger partial charge on any atom is 0.250 e. The van der Waals surface area contributed by atoms with E-state index in [1.54, 1.807) is 23.1 Å². The average molecular weight is 188 g/mol. The van der Waals surface area contributed by atoms with Crippen LogP contribution in [0.25, 0.3) is 5.95 Å². The Hall–Kier alpha value is -1.71. The molecule has 0 N–H and O–H groups in total. The molecule has 0 aliphatic carbocycles. The van der Waals surface area contributed by atoms with Gasteiger partial charge in [-0.3, -0.25) is 0 Å². The van der Waals surface area contributed by atoms with E-state index < -0.39 is 0 Å². The molecule has 0 aliphatic heterocycles. The van der Waals surface area contributed by atoms with E-state index in [4.69, 9.17) is 0 Å². The van der Waals surface area contributed by atoms with E-state index in [0.29, 0.717) is 11.9 Å². The van der Waals surface area contributed by atoms with Crippen LogP contribution in [-0.4, -0.2) is 19.7 Å². The summed E-state index contributed by atoms with van der Waals surface area (Å²) in [6.07, 6.45) is 5.29. The van der Waals surface area contributed by atoms with Gasteiger partial charge in [0.05, 0.1) is 5.69 Å². The quantitative estimate of drug-likeness (QED) is 0.721. The van der Waals surface area contributed by atoms with Crippen molar-refractivity contribution in [1.82, 2.24) is 19.7 Å². The Morgan fingerprint density at radius 3 is 2.50 bits per heavy atom. The van der Waals surface area contributed by atoms with E-state index in [1.165, 1.54) is 0 Å². The zero-order valence-electron chi connectivity index (χ0n) is 8.25. The predicted octanol–water partition coefficient (Wildman–Crippen LogP) is 1.79. The minimum Gasteiger partial charge on any atom is -0.220 e. The summed E-state index contributed by atoms with van der Waals surface area (Å²) in [6, 6.07) is 3.78. The average Bonchev–Trinajstić information content (AvgIpc) is 2.68. The number of rotatable bonds is 2. The van der Waals surface area contributed by atoms with Crippen LogP contribution in [-0.2, 0) is 0 Å². The van der Waals surface area contributed by atoms with Crippen LogP contribution in [0.5, 0.6) is 0 Å². The first-order valence-corrected chi connectivity index (χ1v) is 4.60. The van der Waals surface area contributed by atoms with Gasteiger partial charge in [0.15, 0.2) is 0 Å². The Kier molecular flexibility index (Phi) is 2.26. The first-order chi connectivity index (χ1) is 6.77. The van der Waals surface area contributed by atoms with Gasteiger partial charge in [-0.2, -0.15) is 5.10 Å². The normalized spacial score (nSPS) is 10.8. The van der Waals surface area contributed by atoms with Crippen molar-refractivity contribution in [2.45, 2.75) is 19.8 Å². The van der Waals surface area contributed by atoms with E-state index >= 15 is 0 Å². The maximum atomic E-state index is 4.37. The third kappa shape index (κ3) is 1.64. The summed E-state index contributed by atoms with van der Waals surface area (Å²) in [4.78, 5) is 8.22. The lowest BCUT2D eigenvalue weighted by Gasteiger charge is -1.99. The first-order valence-electron chi connectivity index (χ1n) is 4.60. The summed E-state index contributed by atoms with van der Waals surface area (Å²) < 4.78 is 1.69. The Labute approximate surface area is 82.6 Å². The van der Waals surface area contributed by atoms with Crippen LogP contribution in [0.3, 0.4) is 0 Å². The fourth-order valence-electron chi connectivity index (χ4n) is 1.17. The second-order valence-electron chi connectivity index (χ2n) is 3.39. The van der Waals surface area contributed by atoms with Gasteiger partial charge in [-0.1, -0.05) is 13.8 Å². The van der Waals surface area contributed by atoms with Gasteiger partial charge in [0, 0.05) is 18.6 Å². The molecule has 0 saturated heterocycles. The summed E-state index contributed by atoms with van der Waals surface area (Å²) in [7, 11) is 0. The van der Waals surface area contributed by atoms with Crippen molar-refractivity contribution in [1.29, 1.82) is 0 Å². The predicted molar refractivity (Wildman–Crippen MR) is 53.2 cm³/mol. The van der Waals surface area contributed by atoms with Crippen molar-refractivity contribution in [3.8, 4) is 5.95 Å². The molecule has 0 aromatic carbocycles. The fraction of sp³-hybridized carbons (Fsp3) is 0.300. The maximum absolute atomic E-state index is 4.37. The highest BCUT2D eigenvalue weighted by Gasteiger charge is 2.05. The third-order valence-electron chi connectivity index (χ3n) is 1.96. The standard InChI is InChI=1S/C10H12N4/c1-8(2)9-4-7-14(13-9)10-11-5-3-6-12-10/h3-8H,1-2H3. The molecule has 4 heteroatoms. The molecule has 0 radical (unpaired) electrons. The lowest BCUT2D eigenvalue weighted by molar-refractivity contribution is 0.742. The van der Waals surface area contributed by atoms with E-state index in [0.717, 1.165) is 5.69 Å². The minimum atomic E-state index is 0.431.